The molecular weight excluding hydrogens is 309 g/mol. The first-order valence-corrected chi connectivity index (χ1v) is 6.29. The molecule has 0 unspecified atom stereocenters. The number of esters is 1. The average Bonchev–Trinajstić information content (AvgIpc) is 2.42. The largest absolute Gasteiger partial charge is 0.462 e. The second kappa shape index (κ2) is 7.95. The Balaban J connectivity index is 3.17. The Morgan fingerprint density at radius 3 is 2.55 bits per heavy atom. The fourth-order valence-electron chi connectivity index (χ4n) is 1.51. The summed E-state index contributed by atoms with van der Waals surface area (Å²) in [6.45, 7) is 1.22. The number of rotatable bonds is 7. The van der Waals surface area contributed by atoms with Crippen LogP contribution in [0.15, 0.2) is 15.3 Å². The summed E-state index contributed by atoms with van der Waals surface area (Å²) < 4.78 is 57.0. The van der Waals surface area contributed by atoms with E-state index >= 15 is 0 Å². The molecular formula is C13H15F3O6. The minimum absolute atomic E-state index is 0.0384. The first kappa shape index (κ1) is 18.2. The molecule has 0 spiro atoms. The second-order valence-electron chi connectivity index (χ2n) is 4.04. The van der Waals surface area contributed by atoms with Crippen LogP contribution in [0.5, 0.6) is 0 Å². The number of carbonyl (C=O) groups excluding carboxylic acids is 1. The topological polar surface area (TPSA) is 75.0 Å². The molecule has 124 valence electrons. The molecule has 0 aliphatic carbocycles. The van der Waals surface area contributed by atoms with Crippen LogP contribution in [-0.4, -0.2) is 32.9 Å². The molecule has 0 N–H and O–H groups in total. The zero-order valence-electron chi connectivity index (χ0n) is 12.0. The van der Waals surface area contributed by atoms with Gasteiger partial charge in [0.1, 0.15) is 17.9 Å². The maximum absolute atomic E-state index is 12.7. The second-order valence-corrected chi connectivity index (χ2v) is 4.04. The lowest BCUT2D eigenvalue weighted by molar-refractivity contribution is -0.155. The highest BCUT2D eigenvalue weighted by atomic mass is 19.4. The van der Waals surface area contributed by atoms with Crippen LogP contribution in [-0.2, 0) is 27.0 Å². The fraction of sp³-hybridized carbons (Fsp3) is 0.538. The predicted molar refractivity (Wildman–Crippen MR) is 67.5 cm³/mol. The van der Waals surface area contributed by atoms with Crippen LogP contribution >= 0.6 is 0 Å². The van der Waals surface area contributed by atoms with Crippen molar-refractivity contribution in [1.82, 2.24) is 0 Å². The van der Waals surface area contributed by atoms with Gasteiger partial charge in [-0.15, -0.1) is 0 Å². The van der Waals surface area contributed by atoms with Crippen molar-refractivity contribution in [1.29, 1.82) is 0 Å². The van der Waals surface area contributed by atoms with Crippen LogP contribution in [0.25, 0.3) is 0 Å². The van der Waals surface area contributed by atoms with Gasteiger partial charge in [-0.05, 0) is 6.92 Å². The average molecular weight is 324 g/mol. The summed E-state index contributed by atoms with van der Waals surface area (Å²) in [5.74, 6) is -3.10. The Bertz CT molecular complexity index is 564. The molecule has 0 saturated carbocycles. The lowest BCUT2D eigenvalue weighted by atomic mass is 10.2. The van der Waals surface area contributed by atoms with Crippen molar-refractivity contribution in [2.45, 2.75) is 19.7 Å². The summed E-state index contributed by atoms with van der Waals surface area (Å²) in [5, 5.41) is 0. The molecule has 0 aromatic carbocycles. The lowest BCUT2D eigenvalue weighted by Gasteiger charge is -2.11. The van der Waals surface area contributed by atoms with Gasteiger partial charge >= 0.3 is 12.1 Å². The molecule has 0 amide bonds. The van der Waals surface area contributed by atoms with Gasteiger partial charge in [-0.3, -0.25) is 4.79 Å². The van der Waals surface area contributed by atoms with Crippen molar-refractivity contribution in [3.63, 3.8) is 0 Å². The Labute approximate surface area is 123 Å². The zero-order chi connectivity index (χ0) is 16.8. The quantitative estimate of drug-likeness (QED) is 0.564. The van der Waals surface area contributed by atoms with Crippen molar-refractivity contribution >= 4 is 5.97 Å². The molecule has 0 atom stereocenters. The van der Waals surface area contributed by atoms with Gasteiger partial charge in [-0.25, -0.2) is 4.79 Å². The van der Waals surface area contributed by atoms with Crippen LogP contribution in [0, 0.1) is 0 Å². The highest BCUT2D eigenvalue weighted by Crippen LogP contribution is 2.29. The summed E-state index contributed by atoms with van der Waals surface area (Å²) >= 11 is 0. The van der Waals surface area contributed by atoms with Crippen LogP contribution in [0.2, 0.25) is 0 Å². The van der Waals surface area contributed by atoms with E-state index in [9.17, 15) is 22.8 Å². The van der Waals surface area contributed by atoms with Crippen molar-refractivity contribution in [3.8, 4) is 0 Å². The van der Waals surface area contributed by atoms with Gasteiger partial charge in [-0.1, -0.05) is 0 Å². The minimum Gasteiger partial charge on any atom is -0.462 e. The number of carbonyl (C=O) groups is 1. The highest BCUT2D eigenvalue weighted by Gasteiger charge is 2.36. The first-order chi connectivity index (χ1) is 10.3. The normalized spacial score (nSPS) is 11.5. The molecule has 1 rings (SSSR count). The van der Waals surface area contributed by atoms with E-state index in [1.54, 1.807) is 0 Å². The third kappa shape index (κ3) is 4.85. The van der Waals surface area contributed by atoms with E-state index in [0.29, 0.717) is 0 Å². The van der Waals surface area contributed by atoms with Gasteiger partial charge in [-0.2, -0.15) is 13.2 Å². The predicted octanol–water partition coefficient (Wildman–Crippen LogP) is 2.00. The Kier molecular flexibility index (Phi) is 6.57. The Morgan fingerprint density at radius 1 is 1.32 bits per heavy atom. The third-order valence-electron chi connectivity index (χ3n) is 2.44. The van der Waals surface area contributed by atoms with Crippen LogP contribution in [0.4, 0.5) is 13.2 Å². The van der Waals surface area contributed by atoms with Gasteiger partial charge in [0.25, 0.3) is 0 Å². The van der Waals surface area contributed by atoms with E-state index in [0.717, 1.165) is 0 Å². The van der Waals surface area contributed by atoms with Crippen LogP contribution < -0.4 is 5.43 Å². The fourth-order valence-corrected chi connectivity index (χ4v) is 1.51. The van der Waals surface area contributed by atoms with Crippen molar-refractivity contribution in [3.05, 3.63) is 33.4 Å². The van der Waals surface area contributed by atoms with Gasteiger partial charge < -0.3 is 18.6 Å². The zero-order valence-corrected chi connectivity index (χ0v) is 12.0. The molecule has 0 radical (unpaired) electrons. The molecule has 0 saturated heterocycles. The van der Waals surface area contributed by atoms with Gasteiger partial charge in [0, 0.05) is 13.2 Å². The van der Waals surface area contributed by atoms with E-state index in [1.165, 1.54) is 14.0 Å². The molecule has 1 heterocycles. The van der Waals surface area contributed by atoms with E-state index in [-0.39, 0.29) is 25.9 Å². The van der Waals surface area contributed by atoms with Crippen molar-refractivity contribution in [2.24, 2.45) is 0 Å². The molecule has 0 aliphatic heterocycles. The molecule has 6 nitrogen and oxygen atoms in total. The first-order valence-electron chi connectivity index (χ1n) is 6.29. The summed E-state index contributed by atoms with van der Waals surface area (Å²) in [6, 6.07) is 0.213. The van der Waals surface area contributed by atoms with Crippen LogP contribution in [0.1, 0.15) is 28.8 Å². The summed E-state index contributed by atoms with van der Waals surface area (Å²) in [6.07, 6.45) is -4.85. The van der Waals surface area contributed by atoms with Gasteiger partial charge in [0.2, 0.25) is 5.76 Å². The molecule has 1 aromatic rings. The number of methoxy groups -OCH3 is 1. The molecule has 1 aromatic heterocycles. The van der Waals surface area contributed by atoms with Gasteiger partial charge in [0.05, 0.1) is 19.8 Å². The smallest absolute Gasteiger partial charge is 0.449 e. The van der Waals surface area contributed by atoms with Crippen molar-refractivity contribution in [2.75, 3.05) is 26.9 Å². The van der Waals surface area contributed by atoms with E-state index in [1.807, 2.05) is 0 Å². The summed E-state index contributed by atoms with van der Waals surface area (Å²) in [7, 11) is 1.41. The summed E-state index contributed by atoms with van der Waals surface area (Å²) in [4.78, 5) is 23.5. The molecule has 0 aliphatic rings. The van der Waals surface area contributed by atoms with E-state index in [4.69, 9.17) is 9.47 Å². The standard InChI is InChI=1S/C13H15F3O6/c1-3-21-12(18)11-8(17)6-10(13(14,15)16)22-9(11)7-20-5-4-19-2/h6H,3-5,7H2,1-2H3. The highest BCUT2D eigenvalue weighted by molar-refractivity contribution is 5.90. The number of hydrogen-bond donors (Lipinski definition) is 0. The van der Waals surface area contributed by atoms with E-state index < -0.39 is 41.3 Å². The molecule has 22 heavy (non-hydrogen) atoms. The Hall–Kier alpha value is -1.87. The molecule has 0 bridgehead atoms. The van der Waals surface area contributed by atoms with E-state index in [2.05, 4.69) is 9.15 Å². The van der Waals surface area contributed by atoms with Crippen molar-refractivity contribution < 1.29 is 36.6 Å². The summed E-state index contributed by atoms with van der Waals surface area (Å²) in [5.41, 5.74) is -1.74. The maximum Gasteiger partial charge on any atom is 0.449 e. The monoisotopic (exact) mass is 324 g/mol. The van der Waals surface area contributed by atoms with Crippen LogP contribution in [0.3, 0.4) is 0 Å². The van der Waals surface area contributed by atoms with Gasteiger partial charge in [0.15, 0.2) is 5.43 Å². The number of alkyl halides is 3. The molecule has 9 heteroatoms. The lowest BCUT2D eigenvalue weighted by Crippen LogP contribution is -2.23. The Morgan fingerprint density at radius 2 is 2.00 bits per heavy atom. The SMILES string of the molecule is CCOC(=O)c1c(COCCOC)oc(C(F)(F)F)cc1=O. The number of hydrogen-bond acceptors (Lipinski definition) is 6. The number of ether oxygens (including phenoxy) is 3. The maximum atomic E-state index is 12.7. The third-order valence-corrected chi connectivity index (χ3v) is 2.44. The number of halogens is 3. The molecule has 0 fully saturated rings. The minimum atomic E-state index is -4.85.